The van der Waals surface area contributed by atoms with E-state index < -0.39 is 0 Å². The zero-order valence-electron chi connectivity index (χ0n) is 6.89. The molecule has 0 spiro atoms. The molecule has 0 bridgehead atoms. The predicted molar refractivity (Wildman–Crippen MR) is 45.2 cm³/mol. The minimum Gasteiger partial charge on any atom is -0.286 e. The van der Waals surface area contributed by atoms with Gasteiger partial charge in [-0.3, -0.25) is 9.98 Å². The van der Waals surface area contributed by atoms with E-state index >= 15 is 0 Å². The molecule has 0 amide bonds. The summed E-state index contributed by atoms with van der Waals surface area (Å²) < 4.78 is 0. The van der Waals surface area contributed by atoms with Gasteiger partial charge in [-0.05, 0) is 20.3 Å². The summed E-state index contributed by atoms with van der Waals surface area (Å²) in [5.41, 5.74) is 1.13. The van der Waals surface area contributed by atoms with Gasteiger partial charge in [0.15, 0.2) is 0 Å². The summed E-state index contributed by atoms with van der Waals surface area (Å²) in [5.74, 6) is 0. The van der Waals surface area contributed by atoms with Gasteiger partial charge in [0, 0.05) is 11.9 Å². The van der Waals surface area contributed by atoms with Crippen molar-refractivity contribution < 1.29 is 0 Å². The van der Waals surface area contributed by atoms with Crippen molar-refractivity contribution in [1.82, 2.24) is 0 Å². The molecule has 10 heavy (non-hydrogen) atoms. The van der Waals surface area contributed by atoms with Gasteiger partial charge in [0.1, 0.15) is 0 Å². The largest absolute Gasteiger partial charge is 0.286 e. The Morgan fingerprint density at radius 2 is 2.40 bits per heavy atom. The van der Waals surface area contributed by atoms with Crippen LogP contribution >= 0.6 is 0 Å². The Labute approximate surface area is 62.1 Å². The maximum absolute atomic E-state index is 4.41. The molecule has 1 aliphatic heterocycles. The van der Waals surface area contributed by atoms with Crippen LogP contribution < -0.4 is 0 Å². The van der Waals surface area contributed by atoms with E-state index in [-0.39, 0.29) is 5.54 Å². The average Bonchev–Trinajstić information content (AvgIpc) is 1.96. The zero-order valence-corrected chi connectivity index (χ0v) is 6.89. The first kappa shape index (κ1) is 7.45. The molecule has 0 aromatic heterocycles. The minimum absolute atomic E-state index is 0.0828. The van der Waals surface area contributed by atoms with Gasteiger partial charge in [-0.1, -0.05) is 6.92 Å². The molecule has 0 saturated carbocycles. The molecule has 2 heteroatoms. The first-order valence-corrected chi connectivity index (χ1v) is 3.72. The Bertz CT molecular complexity index is 182. The maximum atomic E-state index is 4.41. The van der Waals surface area contributed by atoms with E-state index in [4.69, 9.17) is 0 Å². The Morgan fingerprint density at radius 3 is 2.80 bits per heavy atom. The number of aliphatic imine (C=N–C) groups is 2. The van der Waals surface area contributed by atoms with Crippen molar-refractivity contribution in [2.45, 2.75) is 32.7 Å². The molecule has 0 N–H and O–H groups in total. The lowest BCUT2D eigenvalue weighted by atomic mass is 9.99. The van der Waals surface area contributed by atoms with E-state index in [1.165, 1.54) is 0 Å². The summed E-state index contributed by atoms with van der Waals surface area (Å²) in [6.07, 6.45) is 2.94. The minimum atomic E-state index is 0.0828. The lowest BCUT2D eigenvalue weighted by Crippen LogP contribution is -2.29. The highest BCUT2D eigenvalue weighted by molar-refractivity contribution is 6.29. The molecule has 2 nitrogen and oxygen atoms in total. The van der Waals surface area contributed by atoms with Crippen LogP contribution in [0.3, 0.4) is 0 Å². The third-order valence-electron chi connectivity index (χ3n) is 1.99. The predicted octanol–water partition coefficient (Wildman–Crippen LogP) is 1.70. The van der Waals surface area contributed by atoms with E-state index in [0.717, 1.165) is 18.7 Å². The van der Waals surface area contributed by atoms with Gasteiger partial charge in [0.05, 0.1) is 12.1 Å². The Kier molecular flexibility index (Phi) is 1.88. The first-order chi connectivity index (χ1) is 4.66. The van der Waals surface area contributed by atoms with Crippen LogP contribution in [0.4, 0.5) is 0 Å². The monoisotopic (exact) mass is 138 g/mol. The molecule has 1 atom stereocenters. The third kappa shape index (κ3) is 1.43. The van der Waals surface area contributed by atoms with Crippen molar-refractivity contribution in [2.75, 3.05) is 6.54 Å². The van der Waals surface area contributed by atoms with Crippen molar-refractivity contribution >= 4 is 11.9 Å². The van der Waals surface area contributed by atoms with Crippen molar-refractivity contribution in [1.29, 1.82) is 0 Å². The van der Waals surface area contributed by atoms with Crippen LogP contribution in [0.5, 0.6) is 0 Å². The van der Waals surface area contributed by atoms with E-state index in [9.17, 15) is 0 Å². The second kappa shape index (κ2) is 2.52. The highest BCUT2D eigenvalue weighted by Gasteiger charge is 2.21. The molecule has 0 aliphatic carbocycles. The number of nitrogens with zero attached hydrogens (tertiary/aromatic N) is 2. The molecule has 0 aromatic carbocycles. The van der Waals surface area contributed by atoms with E-state index in [1.807, 2.05) is 13.1 Å². The second-order valence-electron chi connectivity index (χ2n) is 3.07. The summed E-state index contributed by atoms with van der Waals surface area (Å²) in [4.78, 5) is 8.73. The highest BCUT2D eigenvalue weighted by atomic mass is 15.0. The fourth-order valence-corrected chi connectivity index (χ4v) is 0.829. The second-order valence-corrected chi connectivity index (χ2v) is 3.07. The van der Waals surface area contributed by atoms with E-state index in [1.54, 1.807) is 0 Å². The normalized spacial score (nSPS) is 32.1. The van der Waals surface area contributed by atoms with Gasteiger partial charge < -0.3 is 0 Å². The molecule has 56 valence electrons. The topological polar surface area (TPSA) is 24.7 Å². The van der Waals surface area contributed by atoms with Gasteiger partial charge in [0.25, 0.3) is 0 Å². The molecule has 0 radical (unpaired) electrons. The molecule has 1 rings (SSSR count). The van der Waals surface area contributed by atoms with Gasteiger partial charge in [-0.2, -0.15) is 0 Å². The molecule has 0 saturated heterocycles. The molecular weight excluding hydrogens is 124 g/mol. The van der Waals surface area contributed by atoms with Crippen LogP contribution in [0.25, 0.3) is 0 Å². The SMILES string of the molecule is CC[C@]1(C)CN=C(C)C=N1. The first-order valence-electron chi connectivity index (χ1n) is 3.72. The van der Waals surface area contributed by atoms with Crippen LogP contribution in [0.2, 0.25) is 0 Å². The average molecular weight is 138 g/mol. The molecular formula is C8H14N2. The fraction of sp³-hybridized carbons (Fsp3) is 0.750. The quantitative estimate of drug-likeness (QED) is 0.527. The van der Waals surface area contributed by atoms with Crippen molar-refractivity contribution in [3.8, 4) is 0 Å². The molecule has 1 heterocycles. The zero-order chi connectivity index (χ0) is 7.61. The molecule has 0 fully saturated rings. The Morgan fingerprint density at radius 1 is 1.70 bits per heavy atom. The number of rotatable bonds is 1. The summed E-state index contributed by atoms with van der Waals surface area (Å²) >= 11 is 0. The van der Waals surface area contributed by atoms with Crippen LogP contribution in [-0.2, 0) is 0 Å². The smallest absolute Gasteiger partial charge is 0.0772 e. The highest BCUT2D eigenvalue weighted by Crippen LogP contribution is 2.17. The fourth-order valence-electron chi connectivity index (χ4n) is 0.829. The summed E-state index contributed by atoms with van der Waals surface area (Å²) in [5, 5.41) is 0. The standard InChI is InChI=1S/C8H14N2/c1-4-8(3)6-9-7(2)5-10-8/h5H,4,6H2,1-3H3/t8-/m1/s1. The maximum Gasteiger partial charge on any atom is 0.0772 e. The van der Waals surface area contributed by atoms with E-state index in [0.29, 0.717) is 0 Å². The third-order valence-corrected chi connectivity index (χ3v) is 1.99. The van der Waals surface area contributed by atoms with Crippen LogP contribution in [0.1, 0.15) is 27.2 Å². The molecule has 0 aromatic rings. The summed E-state index contributed by atoms with van der Waals surface area (Å²) in [7, 11) is 0. The number of hydrogen-bond acceptors (Lipinski definition) is 2. The van der Waals surface area contributed by atoms with Crippen LogP contribution in [0, 0.1) is 0 Å². The number of hydrogen-bond donors (Lipinski definition) is 0. The van der Waals surface area contributed by atoms with Gasteiger partial charge in [-0.25, -0.2) is 0 Å². The van der Waals surface area contributed by atoms with Gasteiger partial charge >= 0.3 is 0 Å². The van der Waals surface area contributed by atoms with Crippen molar-refractivity contribution in [2.24, 2.45) is 9.98 Å². The Hall–Kier alpha value is -0.660. The summed E-state index contributed by atoms with van der Waals surface area (Å²) in [6, 6.07) is 0. The van der Waals surface area contributed by atoms with Crippen molar-refractivity contribution in [3.63, 3.8) is 0 Å². The molecule has 0 unspecified atom stereocenters. The Balaban J connectivity index is 2.67. The van der Waals surface area contributed by atoms with Gasteiger partial charge in [-0.15, -0.1) is 0 Å². The lowest BCUT2D eigenvalue weighted by Gasteiger charge is -2.23. The lowest BCUT2D eigenvalue weighted by molar-refractivity contribution is 0.468. The van der Waals surface area contributed by atoms with Crippen LogP contribution in [-0.4, -0.2) is 24.0 Å². The van der Waals surface area contributed by atoms with E-state index in [2.05, 4.69) is 23.8 Å². The van der Waals surface area contributed by atoms with Crippen molar-refractivity contribution in [3.05, 3.63) is 0 Å². The summed E-state index contributed by atoms with van der Waals surface area (Å²) in [6.45, 7) is 7.12. The molecule has 1 aliphatic rings. The van der Waals surface area contributed by atoms with Gasteiger partial charge in [0.2, 0.25) is 0 Å². The van der Waals surface area contributed by atoms with Crippen LogP contribution in [0.15, 0.2) is 9.98 Å².